The Balaban J connectivity index is 1.54. The molecule has 0 radical (unpaired) electrons. The number of benzene rings is 1. The van der Waals surface area contributed by atoms with E-state index in [4.69, 9.17) is 5.73 Å². The average molecular weight is 258 g/mol. The Hall–Kier alpha value is -0.860. The SMILES string of the molecule is NC1(C2CCCC2)CCN(Cc2ccccc2)CC1. The minimum Gasteiger partial charge on any atom is -0.325 e. The van der Waals surface area contributed by atoms with E-state index >= 15 is 0 Å². The fourth-order valence-corrected chi connectivity index (χ4v) is 3.88. The van der Waals surface area contributed by atoms with Gasteiger partial charge in [0.2, 0.25) is 0 Å². The first-order chi connectivity index (χ1) is 9.26. The molecule has 1 aromatic rings. The highest BCUT2D eigenvalue weighted by Crippen LogP contribution is 2.38. The van der Waals surface area contributed by atoms with Crippen LogP contribution in [0, 0.1) is 5.92 Å². The maximum atomic E-state index is 6.69. The normalized spacial score (nSPS) is 24.7. The topological polar surface area (TPSA) is 29.3 Å². The van der Waals surface area contributed by atoms with Gasteiger partial charge in [-0.15, -0.1) is 0 Å². The van der Waals surface area contributed by atoms with Gasteiger partial charge in [0.05, 0.1) is 0 Å². The van der Waals surface area contributed by atoms with E-state index in [2.05, 4.69) is 35.2 Å². The van der Waals surface area contributed by atoms with Gasteiger partial charge >= 0.3 is 0 Å². The van der Waals surface area contributed by atoms with Crippen molar-refractivity contribution in [2.45, 2.75) is 50.6 Å². The smallest absolute Gasteiger partial charge is 0.0233 e. The summed E-state index contributed by atoms with van der Waals surface area (Å²) in [6.45, 7) is 3.42. The lowest BCUT2D eigenvalue weighted by atomic mass is 9.76. The summed E-state index contributed by atoms with van der Waals surface area (Å²) >= 11 is 0. The Bertz CT molecular complexity index is 387. The average Bonchev–Trinajstić information content (AvgIpc) is 2.98. The second kappa shape index (κ2) is 5.64. The van der Waals surface area contributed by atoms with Crippen LogP contribution in [0.2, 0.25) is 0 Å². The molecule has 2 fully saturated rings. The van der Waals surface area contributed by atoms with E-state index in [9.17, 15) is 0 Å². The third-order valence-electron chi connectivity index (χ3n) is 5.20. The van der Waals surface area contributed by atoms with Gasteiger partial charge in [-0.25, -0.2) is 0 Å². The van der Waals surface area contributed by atoms with E-state index in [1.165, 1.54) is 57.2 Å². The van der Waals surface area contributed by atoms with Gasteiger partial charge in [0.1, 0.15) is 0 Å². The summed E-state index contributed by atoms with van der Waals surface area (Å²) in [6.07, 6.45) is 7.91. The molecule has 1 saturated heterocycles. The molecule has 2 N–H and O–H groups in total. The molecular weight excluding hydrogens is 232 g/mol. The number of rotatable bonds is 3. The summed E-state index contributed by atoms with van der Waals surface area (Å²) in [7, 11) is 0. The molecule has 104 valence electrons. The third kappa shape index (κ3) is 3.01. The van der Waals surface area contributed by atoms with Crippen LogP contribution in [0.1, 0.15) is 44.1 Å². The molecule has 0 amide bonds. The van der Waals surface area contributed by atoms with Crippen molar-refractivity contribution in [3.63, 3.8) is 0 Å². The van der Waals surface area contributed by atoms with Crippen molar-refractivity contribution >= 4 is 0 Å². The van der Waals surface area contributed by atoms with Gasteiger partial charge in [-0.05, 0) is 37.2 Å². The van der Waals surface area contributed by atoms with Crippen LogP contribution in [-0.4, -0.2) is 23.5 Å². The summed E-state index contributed by atoms with van der Waals surface area (Å²) in [5.74, 6) is 0.798. The second-order valence-electron chi connectivity index (χ2n) is 6.48. The first kappa shape index (κ1) is 13.1. The van der Waals surface area contributed by atoms with Crippen LogP contribution in [0.3, 0.4) is 0 Å². The Morgan fingerprint density at radius 3 is 2.32 bits per heavy atom. The summed E-state index contributed by atoms with van der Waals surface area (Å²) in [5.41, 5.74) is 8.26. The molecule has 2 nitrogen and oxygen atoms in total. The number of piperidine rings is 1. The lowest BCUT2D eigenvalue weighted by molar-refractivity contribution is 0.115. The fraction of sp³-hybridized carbons (Fsp3) is 0.647. The summed E-state index contributed by atoms with van der Waals surface area (Å²) in [6, 6.07) is 10.8. The third-order valence-corrected chi connectivity index (χ3v) is 5.20. The zero-order valence-electron chi connectivity index (χ0n) is 11.9. The van der Waals surface area contributed by atoms with Gasteiger partial charge in [0, 0.05) is 25.2 Å². The molecule has 0 bridgehead atoms. The van der Waals surface area contributed by atoms with Crippen molar-refractivity contribution in [2.75, 3.05) is 13.1 Å². The zero-order valence-corrected chi connectivity index (χ0v) is 11.9. The van der Waals surface area contributed by atoms with Crippen LogP contribution in [0.25, 0.3) is 0 Å². The molecule has 1 aliphatic carbocycles. The highest BCUT2D eigenvalue weighted by Gasteiger charge is 2.38. The van der Waals surface area contributed by atoms with E-state index in [1.807, 2.05) is 0 Å². The molecule has 0 atom stereocenters. The van der Waals surface area contributed by atoms with Crippen LogP contribution < -0.4 is 5.73 Å². The Morgan fingerprint density at radius 2 is 1.68 bits per heavy atom. The number of nitrogens with two attached hydrogens (primary N) is 1. The van der Waals surface area contributed by atoms with Crippen LogP contribution >= 0.6 is 0 Å². The monoisotopic (exact) mass is 258 g/mol. The van der Waals surface area contributed by atoms with Crippen molar-refractivity contribution in [3.8, 4) is 0 Å². The van der Waals surface area contributed by atoms with Gasteiger partial charge in [-0.1, -0.05) is 43.2 Å². The molecule has 0 unspecified atom stereocenters. The molecule has 1 aliphatic heterocycles. The largest absolute Gasteiger partial charge is 0.325 e. The maximum absolute atomic E-state index is 6.69. The van der Waals surface area contributed by atoms with Crippen molar-refractivity contribution in [1.29, 1.82) is 0 Å². The molecule has 1 saturated carbocycles. The molecule has 19 heavy (non-hydrogen) atoms. The molecule has 3 rings (SSSR count). The first-order valence-electron chi connectivity index (χ1n) is 7.81. The Labute approximate surface area is 117 Å². The first-order valence-corrected chi connectivity index (χ1v) is 7.81. The van der Waals surface area contributed by atoms with E-state index in [-0.39, 0.29) is 5.54 Å². The van der Waals surface area contributed by atoms with Crippen molar-refractivity contribution < 1.29 is 0 Å². The highest BCUT2D eigenvalue weighted by atomic mass is 15.1. The highest BCUT2D eigenvalue weighted by molar-refractivity contribution is 5.14. The molecule has 2 aliphatic rings. The van der Waals surface area contributed by atoms with E-state index < -0.39 is 0 Å². The van der Waals surface area contributed by atoms with Gasteiger partial charge < -0.3 is 5.73 Å². The molecular formula is C17H26N2. The molecule has 0 aromatic heterocycles. The van der Waals surface area contributed by atoms with Crippen LogP contribution in [0.5, 0.6) is 0 Å². The lowest BCUT2D eigenvalue weighted by Crippen LogP contribution is -2.54. The van der Waals surface area contributed by atoms with E-state index in [1.54, 1.807) is 0 Å². The number of hydrogen-bond donors (Lipinski definition) is 1. The van der Waals surface area contributed by atoms with Crippen molar-refractivity contribution in [3.05, 3.63) is 35.9 Å². The van der Waals surface area contributed by atoms with Crippen molar-refractivity contribution in [1.82, 2.24) is 4.90 Å². The van der Waals surface area contributed by atoms with Gasteiger partial charge in [-0.3, -0.25) is 4.90 Å². The quantitative estimate of drug-likeness (QED) is 0.902. The standard InChI is InChI=1S/C17H26N2/c18-17(16-8-4-5-9-16)10-12-19(13-11-17)14-15-6-2-1-3-7-15/h1-3,6-7,16H,4-5,8-14,18H2. The molecule has 2 heteroatoms. The van der Waals surface area contributed by atoms with Gasteiger partial charge in [-0.2, -0.15) is 0 Å². The second-order valence-corrected chi connectivity index (χ2v) is 6.48. The minimum absolute atomic E-state index is 0.143. The number of hydrogen-bond acceptors (Lipinski definition) is 2. The number of likely N-dealkylation sites (tertiary alicyclic amines) is 1. The van der Waals surface area contributed by atoms with Crippen LogP contribution in [0.15, 0.2) is 30.3 Å². The summed E-state index contributed by atoms with van der Waals surface area (Å²) < 4.78 is 0. The summed E-state index contributed by atoms with van der Waals surface area (Å²) in [4.78, 5) is 2.56. The predicted molar refractivity (Wildman–Crippen MR) is 79.8 cm³/mol. The fourth-order valence-electron chi connectivity index (χ4n) is 3.88. The number of nitrogens with zero attached hydrogens (tertiary/aromatic N) is 1. The Kier molecular flexibility index (Phi) is 3.90. The van der Waals surface area contributed by atoms with E-state index in [0.29, 0.717) is 0 Å². The van der Waals surface area contributed by atoms with Crippen LogP contribution in [-0.2, 0) is 6.54 Å². The molecule has 1 aromatic carbocycles. The minimum atomic E-state index is 0.143. The Morgan fingerprint density at radius 1 is 1.05 bits per heavy atom. The van der Waals surface area contributed by atoms with E-state index in [0.717, 1.165) is 12.5 Å². The summed E-state index contributed by atoms with van der Waals surface area (Å²) in [5, 5.41) is 0. The lowest BCUT2D eigenvalue weighted by Gasteiger charge is -2.43. The van der Waals surface area contributed by atoms with Gasteiger partial charge in [0.25, 0.3) is 0 Å². The zero-order chi connectivity index (χ0) is 13.1. The predicted octanol–water partition coefficient (Wildman–Crippen LogP) is 3.17. The molecule has 1 heterocycles. The van der Waals surface area contributed by atoms with Crippen LogP contribution in [0.4, 0.5) is 0 Å². The van der Waals surface area contributed by atoms with Crippen molar-refractivity contribution in [2.24, 2.45) is 11.7 Å². The maximum Gasteiger partial charge on any atom is 0.0233 e. The van der Waals surface area contributed by atoms with Gasteiger partial charge in [0.15, 0.2) is 0 Å². The molecule has 0 spiro atoms.